The second-order valence-corrected chi connectivity index (χ2v) is 16.9. The van der Waals surface area contributed by atoms with Crippen molar-refractivity contribution in [2.24, 2.45) is 0 Å². The Kier molecular flexibility index (Phi) is 16.5. The number of carboxylic acid groups (broad SMARTS) is 2. The normalized spacial score (nSPS) is 12.2. The molecule has 4 aromatic carbocycles. The van der Waals surface area contributed by atoms with E-state index in [1.807, 2.05) is 30.3 Å². The summed E-state index contributed by atoms with van der Waals surface area (Å²) < 4.78 is 49.5. The van der Waals surface area contributed by atoms with Crippen LogP contribution >= 0.6 is 34.8 Å². The van der Waals surface area contributed by atoms with Crippen LogP contribution in [0.4, 0.5) is 0 Å². The van der Waals surface area contributed by atoms with Crippen LogP contribution in [0.1, 0.15) is 35.1 Å². The molecule has 0 saturated carbocycles. The summed E-state index contributed by atoms with van der Waals surface area (Å²) in [6.45, 7) is 0. The van der Waals surface area contributed by atoms with Crippen LogP contribution in [0.25, 0.3) is 6.08 Å². The highest BCUT2D eigenvalue weighted by Crippen LogP contribution is 2.15. The molecule has 0 bridgehead atoms. The number of aliphatic carboxylic acids is 2. The van der Waals surface area contributed by atoms with Gasteiger partial charge in [0.15, 0.2) is 30.2 Å². The first-order valence-corrected chi connectivity index (χ1v) is 20.1. The van der Waals surface area contributed by atoms with Crippen LogP contribution in [0.3, 0.4) is 0 Å². The minimum atomic E-state index is -3.90. The van der Waals surface area contributed by atoms with E-state index in [4.69, 9.17) is 34.8 Å². The van der Waals surface area contributed by atoms with Gasteiger partial charge >= 0.3 is 11.9 Å². The molecule has 2 N–H and O–H groups in total. The van der Waals surface area contributed by atoms with Gasteiger partial charge in [-0.1, -0.05) is 113 Å². The zero-order chi connectivity index (χ0) is 38.1. The van der Waals surface area contributed by atoms with E-state index in [0.29, 0.717) is 26.2 Å². The van der Waals surface area contributed by atoms with Gasteiger partial charge in [-0.05, 0) is 78.2 Å². The molecule has 4 aromatic rings. The molecule has 4 rings (SSSR count). The van der Waals surface area contributed by atoms with Crippen molar-refractivity contribution in [1.29, 1.82) is 0 Å². The van der Waals surface area contributed by atoms with Crippen LogP contribution in [0, 0.1) is 23.7 Å². The van der Waals surface area contributed by atoms with Crippen molar-refractivity contribution in [1.82, 2.24) is 0 Å². The van der Waals surface area contributed by atoms with Crippen molar-refractivity contribution in [3.8, 4) is 23.7 Å². The highest BCUT2D eigenvalue weighted by Gasteiger charge is 2.32. The van der Waals surface area contributed by atoms with E-state index in [1.54, 1.807) is 78.9 Å². The number of rotatable bonds is 12. The van der Waals surface area contributed by atoms with Crippen LogP contribution < -0.4 is 0 Å². The molecular formula is C39H33Cl3O8S2. The molecule has 270 valence electrons. The van der Waals surface area contributed by atoms with Crippen LogP contribution in [0.5, 0.6) is 0 Å². The van der Waals surface area contributed by atoms with E-state index in [2.05, 4.69) is 23.7 Å². The molecule has 13 heteroatoms. The minimum absolute atomic E-state index is 0.226. The molecule has 0 amide bonds. The fourth-order valence-corrected chi connectivity index (χ4v) is 7.42. The van der Waals surface area contributed by atoms with Crippen molar-refractivity contribution in [3.63, 3.8) is 0 Å². The summed E-state index contributed by atoms with van der Waals surface area (Å²) >= 11 is 17.3. The van der Waals surface area contributed by atoms with Gasteiger partial charge in [-0.3, -0.25) is 9.59 Å². The second-order valence-electron chi connectivity index (χ2n) is 11.1. The van der Waals surface area contributed by atoms with Crippen LogP contribution in [0.15, 0.2) is 109 Å². The number of hydrogen-bond donors (Lipinski definition) is 2. The summed E-state index contributed by atoms with van der Waals surface area (Å²) in [4.78, 5) is 22.8. The Morgan fingerprint density at radius 1 is 0.615 bits per heavy atom. The van der Waals surface area contributed by atoms with Gasteiger partial charge in [0.1, 0.15) is 0 Å². The smallest absolute Gasteiger partial charge is 0.322 e. The molecular weight excluding hydrogens is 767 g/mol. The summed E-state index contributed by atoms with van der Waals surface area (Å²) in [5, 5.41) is 17.1. The SMILES string of the molecule is O=C(O)C(CC#Cc1ccc(Cl)cc1)S(=O)(=O)CC=Cc1ccc(Cl)cc1.O=C(O)C(CC#Cc1ccc(Cl)cc1)S(=O)(=O)CCc1ccccc1. The van der Waals surface area contributed by atoms with Gasteiger partial charge in [-0.25, -0.2) is 16.8 Å². The van der Waals surface area contributed by atoms with Gasteiger partial charge in [-0.2, -0.15) is 0 Å². The second kappa shape index (κ2) is 20.5. The van der Waals surface area contributed by atoms with Crippen LogP contribution in [-0.4, -0.2) is 61.0 Å². The van der Waals surface area contributed by atoms with E-state index >= 15 is 0 Å². The fraction of sp³-hybridized carbons (Fsp3) is 0.179. The molecule has 0 aromatic heterocycles. The number of carboxylic acids is 2. The van der Waals surface area contributed by atoms with Crippen molar-refractivity contribution < 1.29 is 36.6 Å². The number of aryl methyl sites for hydroxylation is 1. The molecule has 0 aliphatic heterocycles. The number of sulfone groups is 2. The molecule has 2 atom stereocenters. The summed E-state index contributed by atoms with van der Waals surface area (Å²) in [6, 6.07) is 29.3. The average Bonchev–Trinajstić information content (AvgIpc) is 3.10. The van der Waals surface area contributed by atoms with Gasteiger partial charge in [-0.15, -0.1) is 0 Å². The number of carbonyl (C=O) groups is 2. The summed E-state index contributed by atoms with van der Waals surface area (Å²) in [7, 11) is -7.70. The Hall–Kier alpha value is -4.55. The van der Waals surface area contributed by atoms with Crippen LogP contribution in [0.2, 0.25) is 15.1 Å². The summed E-state index contributed by atoms with van der Waals surface area (Å²) in [6.07, 6.45) is 2.75. The lowest BCUT2D eigenvalue weighted by atomic mass is 10.2. The Balaban J connectivity index is 0.000000281. The van der Waals surface area contributed by atoms with E-state index in [-0.39, 0.29) is 25.0 Å². The highest BCUT2D eigenvalue weighted by molar-refractivity contribution is 7.93. The third kappa shape index (κ3) is 14.6. The molecule has 0 aliphatic rings. The van der Waals surface area contributed by atoms with Crippen molar-refractivity contribution in [3.05, 3.63) is 147 Å². The summed E-state index contributed by atoms with van der Waals surface area (Å²) in [5.41, 5.74) is 2.89. The van der Waals surface area contributed by atoms with E-state index in [9.17, 15) is 36.6 Å². The van der Waals surface area contributed by atoms with E-state index < -0.39 is 47.9 Å². The van der Waals surface area contributed by atoms with Gasteiger partial charge in [0.2, 0.25) is 0 Å². The van der Waals surface area contributed by atoms with E-state index in [0.717, 1.165) is 11.1 Å². The van der Waals surface area contributed by atoms with E-state index in [1.165, 1.54) is 6.08 Å². The maximum atomic E-state index is 12.4. The third-order valence-corrected chi connectivity index (χ3v) is 11.8. The predicted octanol–water partition coefficient (Wildman–Crippen LogP) is 7.51. The lowest BCUT2D eigenvalue weighted by Crippen LogP contribution is -2.32. The molecule has 0 radical (unpaired) electrons. The molecule has 2 unspecified atom stereocenters. The molecule has 8 nitrogen and oxygen atoms in total. The van der Waals surface area contributed by atoms with Crippen molar-refractivity contribution >= 4 is 72.5 Å². The molecule has 0 spiro atoms. The van der Waals surface area contributed by atoms with Gasteiger partial charge in [0.05, 0.1) is 11.5 Å². The monoisotopic (exact) mass is 798 g/mol. The minimum Gasteiger partial charge on any atom is -0.480 e. The first-order valence-electron chi connectivity index (χ1n) is 15.5. The maximum absolute atomic E-state index is 12.4. The number of benzene rings is 4. The zero-order valence-corrected chi connectivity index (χ0v) is 31.4. The Morgan fingerprint density at radius 2 is 1.04 bits per heavy atom. The maximum Gasteiger partial charge on any atom is 0.322 e. The Bertz CT molecular complexity index is 2180. The van der Waals surface area contributed by atoms with Gasteiger partial charge in [0.25, 0.3) is 0 Å². The average molecular weight is 800 g/mol. The van der Waals surface area contributed by atoms with Gasteiger partial charge in [0, 0.05) is 39.0 Å². The lowest BCUT2D eigenvalue weighted by molar-refractivity contribution is -0.137. The predicted molar refractivity (Wildman–Crippen MR) is 207 cm³/mol. The lowest BCUT2D eigenvalue weighted by Gasteiger charge is -2.10. The molecule has 52 heavy (non-hydrogen) atoms. The fourth-order valence-electron chi connectivity index (χ4n) is 4.35. The first kappa shape index (κ1) is 41.9. The Morgan fingerprint density at radius 3 is 1.48 bits per heavy atom. The standard InChI is InChI=1S/C20H16Cl2O4S.C19H17ClO4S/c21-17-10-6-15(7-11-17)3-1-5-19(20(23)24)27(25,26)14-2-4-16-8-12-18(22)13-9-16;20-17-11-9-16(10-12-17)7-4-8-18(19(21)22)25(23,24)14-13-15-5-2-1-3-6-15/h2,4,6-13,19H,5,14H2,(H,23,24);1-3,5-6,9-12,18H,8,13-14H2,(H,21,22). The quantitative estimate of drug-likeness (QED) is 0.140. The van der Waals surface area contributed by atoms with Crippen LogP contribution in [-0.2, 0) is 35.7 Å². The summed E-state index contributed by atoms with van der Waals surface area (Å²) in [5.74, 6) is 7.39. The molecule has 0 heterocycles. The van der Waals surface area contributed by atoms with Gasteiger partial charge < -0.3 is 10.2 Å². The highest BCUT2D eigenvalue weighted by atomic mass is 35.5. The number of halogens is 3. The topological polar surface area (TPSA) is 143 Å². The van der Waals surface area contributed by atoms with Crippen molar-refractivity contribution in [2.45, 2.75) is 29.8 Å². The Labute approximate surface area is 318 Å². The molecule has 0 aliphatic carbocycles. The third-order valence-electron chi connectivity index (χ3n) is 7.17. The van der Waals surface area contributed by atoms with Crippen molar-refractivity contribution in [2.75, 3.05) is 11.5 Å². The first-order chi connectivity index (χ1) is 24.7. The largest absolute Gasteiger partial charge is 0.480 e. The zero-order valence-electron chi connectivity index (χ0n) is 27.5. The molecule has 0 fully saturated rings. The number of hydrogen-bond acceptors (Lipinski definition) is 6. The molecule has 0 saturated heterocycles.